The van der Waals surface area contributed by atoms with Gasteiger partial charge in [-0.1, -0.05) is 23.7 Å². The predicted molar refractivity (Wildman–Crippen MR) is 62.8 cm³/mol. The van der Waals surface area contributed by atoms with Crippen LogP contribution in [0, 0.1) is 5.82 Å². The van der Waals surface area contributed by atoms with Gasteiger partial charge in [-0.2, -0.15) is 0 Å². The van der Waals surface area contributed by atoms with Gasteiger partial charge in [0, 0.05) is 31.0 Å². The van der Waals surface area contributed by atoms with E-state index >= 15 is 0 Å². The summed E-state index contributed by atoms with van der Waals surface area (Å²) in [6.45, 7) is 0.956. The smallest absolute Gasteiger partial charge is 0.146 e. The van der Waals surface area contributed by atoms with Crippen LogP contribution in [0.3, 0.4) is 0 Å². The van der Waals surface area contributed by atoms with Crippen LogP contribution in [0.1, 0.15) is 11.1 Å². The van der Waals surface area contributed by atoms with E-state index in [1.54, 1.807) is 18.2 Å². The summed E-state index contributed by atoms with van der Waals surface area (Å²) in [6.07, 6.45) is 3.78. The van der Waals surface area contributed by atoms with Crippen LogP contribution in [0.25, 0.3) is 0 Å². The number of aromatic nitrogens is 1. The second-order valence-electron chi connectivity index (χ2n) is 3.61. The highest BCUT2D eigenvalue weighted by Gasteiger charge is 2.06. The van der Waals surface area contributed by atoms with Gasteiger partial charge in [0.1, 0.15) is 5.82 Å². The topological polar surface area (TPSA) is 30.9 Å². The lowest BCUT2D eigenvalue weighted by Crippen LogP contribution is -2.00. The Labute approximate surface area is 98.4 Å². The highest BCUT2D eigenvalue weighted by molar-refractivity contribution is 6.30. The summed E-state index contributed by atoms with van der Waals surface area (Å²) in [5.41, 5.74) is 7.11. The Morgan fingerprint density at radius 2 is 2.12 bits per heavy atom. The van der Waals surface area contributed by atoms with Gasteiger partial charge in [0.15, 0.2) is 0 Å². The third-order valence-electron chi connectivity index (χ3n) is 2.43. The maximum absolute atomic E-state index is 13.6. The highest BCUT2D eigenvalue weighted by Crippen LogP contribution is 2.18. The van der Waals surface area contributed by atoms with Gasteiger partial charge < -0.3 is 10.3 Å². The van der Waals surface area contributed by atoms with Crippen LogP contribution in [0.2, 0.25) is 5.02 Å². The quantitative estimate of drug-likeness (QED) is 0.876. The highest BCUT2D eigenvalue weighted by atomic mass is 35.5. The molecule has 0 spiro atoms. The average Bonchev–Trinajstić information content (AvgIpc) is 2.73. The van der Waals surface area contributed by atoms with Gasteiger partial charge in [-0.25, -0.2) is 4.39 Å². The summed E-state index contributed by atoms with van der Waals surface area (Å²) < 4.78 is 15.5. The fourth-order valence-corrected chi connectivity index (χ4v) is 1.77. The predicted octanol–water partition coefficient (Wildman–Crippen LogP) is 2.79. The summed E-state index contributed by atoms with van der Waals surface area (Å²) in [7, 11) is 0. The summed E-state index contributed by atoms with van der Waals surface area (Å²) in [5.74, 6) is -0.354. The van der Waals surface area contributed by atoms with Crippen LogP contribution in [-0.4, -0.2) is 4.57 Å². The van der Waals surface area contributed by atoms with E-state index in [0.717, 1.165) is 5.56 Å². The zero-order valence-corrected chi connectivity index (χ0v) is 9.41. The lowest BCUT2D eigenvalue weighted by atomic mass is 10.2. The first-order valence-electron chi connectivity index (χ1n) is 4.98. The Hall–Kier alpha value is -1.32. The van der Waals surface area contributed by atoms with E-state index in [-0.39, 0.29) is 10.8 Å². The van der Waals surface area contributed by atoms with Crippen LogP contribution >= 0.6 is 11.6 Å². The van der Waals surface area contributed by atoms with Crippen molar-refractivity contribution in [3.8, 4) is 0 Å². The van der Waals surface area contributed by atoms with Gasteiger partial charge in [0.05, 0.1) is 5.02 Å². The van der Waals surface area contributed by atoms with E-state index in [1.807, 2.05) is 23.0 Å². The van der Waals surface area contributed by atoms with E-state index in [1.165, 1.54) is 0 Å². The molecule has 0 bridgehead atoms. The van der Waals surface area contributed by atoms with Crippen LogP contribution in [0.5, 0.6) is 0 Å². The third-order valence-corrected chi connectivity index (χ3v) is 2.72. The molecule has 84 valence electrons. The second kappa shape index (κ2) is 4.68. The Morgan fingerprint density at radius 3 is 2.81 bits per heavy atom. The summed E-state index contributed by atoms with van der Waals surface area (Å²) in [6, 6.07) is 6.93. The molecule has 1 aromatic carbocycles. The van der Waals surface area contributed by atoms with Crippen molar-refractivity contribution in [3.05, 3.63) is 58.6 Å². The lowest BCUT2D eigenvalue weighted by molar-refractivity contribution is 0.600. The number of hydrogen-bond donors (Lipinski definition) is 1. The molecule has 0 aliphatic heterocycles. The number of nitrogens with two attached hydrogens (primary N) is 1. The molecular formula is C12H12ClFN2. The molecule has 2 N–H and O–H groups in total. The molecule has 0 amide bonds. The van der Waals surface area contributed by atoms with Crippen LogP contribution in [0.4, 0.5) is 4.39 Å². The monoisotopic (exact) mass is 238 g/mol. The summed E-state index contributed by atoms with van der Waals surface area (Å²) >= 11 is 5.71. The molecule has 0 aliphatic carbocycles. The molecule has 0 radical (unpaired) electrons. The van der Waals surface area contributed by atoms with Crippen LogP contribution in [-0.2, 0) is 13.1 Å². The SMILES string of the molecule is NCc1ccn(Cc2cccc(Cl)c2F)c1. The van der Waals surface area contributed by atoms with E-state index < -0.39 is 0 Å². The van der Waals surface area contributed by atoms with Crippen molar-refractivity contribution in [2.45, 2.75) is 13.1 Å². The minimum atomic E-state index is -0.354. The molecular weight excluding hydrogens is 227 g/mol. The van der Waals surface area contributed by atoms with Crippen LogP contribution in [0.15, 0.2) is 36.7 Å². The molecule has 1 aromatic heterocycles. The van der Waals surface area contributed by atoms with Crippen molar-refractivity contribution in [1.29, 1.82) is 0 Å². The van der Waals surface area contributed by atoms with Crippen molar-refractivity contribution in [1.82, 2.24) is 4.57 Å². The second-order valence-corrected chi connectivity index (χ2v) is 4.02. The molecule has 0 saturated carbocycles. The van der Waals surface area contributed by atoms with E-state index in [2.05, 4.69) is 0 Å². The number of benzene rings is 1. The number of hydrogen-bond acceptors (Lipinski definition) is 1. The summed E-state index contributed by atoms with van der Waals surface area (Å²) in [4.78, 5) is 0. The maximum atomic E-state index is 13.6. The molecule has 4 heteroatoms. The summed E-state index contributed by atoms with van der Waals surface area (Å²) in [5, 5.41) is 0.156. The molecule has 16 heavy (non-hydrogen) atoms. The lowest BCUT2D eigenvalue weighted by Gasteiger charge is -2.05. The zero-order valence-electron chi connectivity index (χ0n) is 8.66. The van der Waals surface area contributed by atoms with Crippen molar-refractivity contribution in [2.24, 2.45) is 5.73 Å². The van der Waals surface area contributed by atoms with Crippen LogP contribution < -0.4 is 5.73 Å². The molecule has 0 saturated heterocycles. The normalized spacial score (nSPS) is 10.7. The Kier molecular flexibility index (Phi) is 3.27. The van der Waals surface area contributed by atoms with Crippen molar-refractivity contribution < 1.29 is 4.39 Å². The first-order valence-corrected chi connectivity index (χ1v) is 5.36. The van der Waals surface area contributed by atoms with Gasteiger partial charge in [0.25, 0.3) is 0 Å². The fraction of sp³-hybridized carbons (Fsp3) is 0.167. The molecule has 2 nitrogen and oxygen atoms in total. The number of nitrogens with zero attached hydrogens (tertiary/aromatic N) is 1. The molecule has 0 atom stereocenters. The molecule has 0 unspecified atom stereocenters. The molecule has 2 aromatic rings. The molecule has 0 aliphatic rings. The minimum Gasteiger partial charge on any atom is -0.349 e. The molecule has 1 heterocycles. The van der Waals surface area contributed by atoms with Crippen molar-refractivity contribution in [3.63, 3.8) is 0 Å². The van der Waals surface area contributed by atoms with Gasteiger partial charge in [0.2, 0.25) is 0 Å². The van der Waals surface area contributed by atoms with E-state index in [0.29, 0.717) is 18.7 Å². The maximum Gasteiger partial charge on any atom is 0.146 e. The average molecular weight is 239 g/mol. The number of halogens is 2. The fourth-order valence-electron chi connectivity index (χ4n) is 1.58. The first kappa shape index (κ1) is 11.2. The number of rotatable bonds is 3. The van der Waals surface area contributed by atoms with Gasteiger partial charge >= 0.3 is 0 Å². The standard InChI is InChI=1S/C12H12ClFN2/c13-11-3-1-2-10(12(11)14)8-16-5-4-9(6-15)7-16/h1-5,7H,6,8,15H2. The van der Waals surface area contributed by atoms with Gasteiger partial charge in [-0.3, -0.25) is 0 Å². The van der Waals surface area contributed by atoms with Crippen molar-refractivity contribution in [2.75, 3.05) is 0 Å². The molecule has 0 fully saturated rings. The third kappa shape index (κ3) is 2.26. The van der Waals surface area contributed by atoms with Crippen molar-refractivity contribution >= 4 is 11.6 Å². The Balaban J connectivity index is 2.23. The largest absolute Gasteiger partial charge is 0.349 e. The Morgan fingerprint density at radius 1 is 1.31 bits per heavy atom. The Bertz CT molecular complexity index is 494. The first-order chi connectivity index (χ1) is 7.70. The zero-order chi connectivity index (χ0) is 11.5. The minimum absolute atomic E-state index is 0.156. The van der Waals surface area contributed by atoms with Gasteiger partial charge in [-0.15, -0.1) is 0 Å². The van der Waals surface area contributed by atoms with Gasteiger partial charge in [-0.05, 0) is 17.7 Å². The molecule has 2 rings (SSSR count). The van der Waals surface area contributed by atoms with E-state index in [9.17, 15) is 4.39 Å². The van der Waals surface area contributed by atoms with E-state index in [4.69, 9.17) is 17.3 Å².